The fourth-order valence-electron chi connectivity index (χ4n) is 3.46. The lowest BCUT2D eigenvalue weighted by molar-refractivity contribution is -0.146. The van der Waals surface area contributed by atoms with Crippen LogP contribution in [0.15, 0.2) is 60.9 Å². The van der Waals surface area contributed by atoms with Gasteiger partial charge in [0.15, 0.2) is 0 Å². The molecule has 1 aromatic heterocycles. The molecule has 1 heterocycles. The highest BCUT2D eigenvalue weighted by Crippen LogP contribution is 2.34. The summed E-state index contributed by atoms with van der Waals surface area (Å²) in [5.41, 5.74) is 1.51. The Morgan fingerprint density at radius 1 is 1.09 bits per heavy atom. The van der Waals surface area contributed by atoms with Gasteiger partial charge in [-0.1, -0.05) is 42.5 Å². The first kappa shape index (κ1) is 25.1. The third kappa shape index (κ3) is 5.70. The van der Waals surface area contributed by atoms with Gasteiger partial charge in [-0.2, -0.15) is 13.2 Å². The molecule has 3 rings (SSSR count). The summed E-state index contributed by atoms with van der Waals surface area (Å²) in [5.74, 6) is -1.26. The quantitative estimate of drug-likeness (QED) is 0.396. The average Bonchev–Trinajstić information content (AvgIpc) is 2.81. The topological polar surface area (TPSA) is 82.5 Å². The lowest BCUT2D eigenvalue weighted by Gasteiger charge is -2.24. The number of alkyl halides is 3. The van der Waals surface area contributed by atoms with Gasteiger partial charge >= 0.3 is 12.1 Å². The number of nitrogens with one attached hydrogen (secondary N) is 1. The number of aliphatic hydroxyl groups is 1. The minimum absolute atomic E-state index is 0.0299. The maximum atomic E-state index is 13.6. The third-order valence-corrected chi connectivity index (χ3v) is 5.68. The Morgan fingerprint density at radius 2 is 1.82 bits per heavy atom. The van der Waals surface area contributed by atoms with E-state index in [0.717, 1.165) is 28.3 Å². The second-order valence-corrected chi connectivity index (χ2v) is 8.16. The standard InChI is InChI=1S/C26H25F3N2O3/c1-17-19(5-3-7-22(17)21-6-4-12-30-15-21)9-10-20-13-18(8-11-23(20)26(27,28)29)14-31-25(2,16-32)24(33)34/h3-13,15,31-32H,14,16H2,1-2H3,(H,33,34)/b10-9+/t25-/m0/s1. The zero-order valence-electron chi connectivity index (χ0n) is 18.7. The van der Waals surface area contributed by atoms with Crippen LogP contribution in [0.4, 0.5) is 13.2 Å². The van der Waals surface area contributed by atoms with Gasteiger partial charge in [0.25, 0.3) is 0 Å². The Hall–Kier alpha value is -3.49. The maximum absolute atomic E-state index is 13.6. The van der Waals surface area contributed by atoms with Crippen molar-refractivity contribution < 1.29 is 28.2 Å². The average molecular weight is 470 g/mol. The van der Waals surface area contributed by atoms with Crippen LogP contribution in [0, 0.1) is 6.92 Å². The minimum Gasteiger partial charge on any atom is -0.480 e. The lowest BCUT2D eigenvalue weighted by atomic mass is 9.96. The van der Waals surface area contributed by atoms with E-state index in [0.29, 0.717) is 5.56 Å². The third-order valence-electron chi connectivity index (χ3n) is 5.68. The molecule has 0 spiro atoms. The molecule has 0 aliphatic carbocycles. The van der Waals surface area contributed by atoms with Crippen molar-refractivity contribution in [2.45, 2.75) is 32.1 Å². The van der Waals surface area contributed by atoms with Crippen molar-refractivity contribution in [3.63, 3.8) is 0 Å². The van der Waals surface area contributed by atoms with Crippen LogP contribution < -0.4 is 5.32 Å². The number of carboxylic acid groups (broad SMARTS) is 1. The van der Waals surface area contributed by atoms with Gasteiger partial charge in [-0.15, -0.1) is 0 Å². The number of hydrogen-bond donors (Lipinski definition) is 3. The number of pyridine rings is 1. The van der Waals surface area contributed by atoms with E-state index in [-0.39, 0.29) is 12.1 Å². The SMILES string of the molecule is Cc1c(/C=C/c2cc(CN[C@@](C)(CO)C(=O)O)ccc2C(F)(F)F)cccc1-c1cccnc1. The van der Waals surface area contributed by atoms with Crippen LogP contribution in [-0.4, -0.2) is 33.3 Å². The number of carboxylic acids is 1. The second-order valence-electron chi connectivity index (χ2n) is 8.16. The van der Waals surface area contributed by atoms with Crippen molar-refractivity contribution in [1.29, 1.82) is 0 Å². The summed E-state index contributed by atoms with van der Waals surface area (Å²) >= 11 is 0. The predicted molar refractivity (Wildman–Crippen MR) is 125 cm³/mol. The molecule has 0 radical (unpaired) electrons. The van der Waals surface area contributed by atoms with Gasteiger partial charge in [0, 0.05) is 24.5 Å². The molecule has 0 bridgehead atoms. The van der Waals surface area contributed by atoms with E-state index in [1.54, 1.807) is 18.5 Å². The molecule has 0 amide bonds. The predicted octanol–water partition coefficient (Wildman–Crippen LogP) is 5.17. The monoisotopic (exact) mass is 470 g/mol. The van der Waals surface area contributed by atoms with Crippen LogP contribution >= 0.6 is 0 Å². The van der Waals surface area contributed by atoms with Crippen molar-refractivity contribution in [3.8, 4) is 11.1 Å². The molecule has 0 saturated heterocycles. The second kappa shape index (κ2) is 10.2. The number of nitrogens with zero attached hydrogens (tertiary/aromatic N) is 1. The first-order valence-electron chi connectivity index (χ1n) is 10.5. The van der Waals surface area contributed by atoms with Crippen LogP contribution in [0.5, 0.6) is 0 Å². The molecule has 8 heteroatoms. The van der Waals surface area contributed by atoms with Gasteiger partial charge in [0.1, 0.15) is 5.54 Å². The molecule has 0 fully saturated rings. The summed E-state index contributed by atoms with van der Waals surface area (Å²) < 4.78 is 40.9. The number of aliphatic hydroxyl groups excluding tert-OH is 1. The van der Waals surface area contributed by atoms with Crippen molar-refractivity contribution in [2.75, 3.05) is 6.61 Å². The number of halogens is 3. The van der Waals surface area contributed by atoms with E-state index in [1.165, 1.54) is 25.1 Å². The van der Waals surface area contributed by atoms with Crippen LogP contribution in [0.3, 0.4) is 0 Å². The summed E-state index contributed by atoms with van der Waals surface area (Å²) in [5, 5.41) is 21.3. The van der Waals surface area contributed by atoms with Gasteiger partial charge in [-0.25, -0.2) is 0 Å². The number of carbonyl (C=O) groups is 1. The van der Waals surface area contributed by atoms with Crippen LogP contribution in [0.1, 0.15) is 34.7 Å². The van der Waals surface area contributed by atoms with E-state index in [9.17, 15) is 28.2 Å². The highest BCUT2D eigenvalue weighted by Gasteiger charge is 2.34. The molecule has 0 aliphatic heterocycles. The van der Waals surface area contributed by atoms with Crippen LogP contribution in [0.2, 0.25) is 0 Å². The minimum atomic E-state index is -4.56. The Balaban J connectivity index is 1.95. The lowest BCUT2D eigenvalue weighted by Crippen LogP contribution is -2.52. The largest absolute Gasteiger partial charge is 0.480 e. The van der Waals surface area contributed by atoms with Gasteiger partial charge in [0.05, 0.1) is 12.2 Å². The van der Waals surface area contributed by atoms with Gasteiger partial charge in [-0.05, 0) is 59.9 Å². The molecule has 0 unspecified atom stereocenters. The molecule has 5 nitrogen and oxygen atoms in total. The first-order valence-corrected chi connectivity index (χ1v) is 10.5. The fraction of sp³-hybridized carbons (Fsp3) is 0.231. The number of aliphatic carboxylic acids is 1. The maximum Gasteiger partial charge on any atom is 0.416 e. The zero-order valence-corrected chi connectivity index (χ0v) is 18.7. The summed E-state index contributed by atoms with van der Waals surface area (Å²) in [4.78, 5) is 15.5. The van der Waals surface area contributed by atoms with Gasteiger partial charge in [0.2, 0.25) is 0 Å². The molecule has 0 saturated carbocycles. The van der Waals surface area contributed by atoms with Gasteiger partial charge < -0.3 is 10.2 Å². The Morgan fingerprint density at radius 3 is 2.44 bits per heavy atom. The van der Waals surface area contributed by atoms with E-state index in [4.69, 9.17) is 0 Å². The molecule has 178 valence electrons. The molecule has 1 atom stereocenters. The van der Waals surface area contributed by atoms with E-state index in [1.807, 2.05) is 37.3 Å². The summed E-state index contributed by atoms with van der Waals surface area (Å²) in [6, 6.07) is 13.0. The van der Waals surface area contributed by atoms with Crippen LogP contribution in [-0.2, 0) is 17.5 Å². The number of benzene rings is 2. The highest BCUT2D eigenvalue weighted by molar-refractivity contribution is 5.79. The molecule has 34 heavy (non-hydrogen) atoms. The van der Waals surface area contributed by atoms with E-state index >= 15 is 0 Å². The summed E-state index contributed by atoms with van der Waals surface area (Å²) in [7, 11) is 0. The molecule has 3 N–H and O–H groups in total. The molecular weight excluding hydrogens is 445 g/mol. The number of hydrogen-bond acceptors (Lipinski definition) is 4. The van der Waals surface area contributed by atoms with Crippen LogP contribution in [0.25, 0.3) is 23.3 Å². The first-order chi connectivity index (χ1) is 16.0. The van der Waals surface area contributed by atoms with E-state index in [2.05, 4.69) is 10.3 Å². The number of aromatic nitrogens is 1. The molecular formula is C26H25F3N2O3. The van der Waals surface area contributed by atoms with Gasteiger partial charge in [-0.3, -0.25) is 15.1 Å². The van der Waals surface area contributed by atoms with Crippen molar-refractivity contribution in [1.82, 2.24) is 10.3 Å². The Kier molecular flexibility index (Phi) is 7.54. The number of rotatable bonds is 8. The molecule has 0 aliphatic rings. The van der Waals surface area contributed by atoms with Crippen molar-refractivity contribution >= 4 is 18.1 Å². The zero-order chi connectivity index (χ0) is 24.9. The Bertz CT molecular complexity index is 1190. The Labute approximate surface area is 195 Å². The fourth-order valence-corrected chi connectivity index (χ4v) is 3.46. The molecule has 3 aromatic rings. The summed E-state index contributed by atoms with van der Waals surface area (Å²) in [6.07, 6.45) is 1.88. The van der Waals surface area contributed by atoms with Crippen molar-refractivity contribution in [2.24, 2.45) is 0 Å². The smallest absolute Gasteiger partial charge is 0.416 e. The highest BCUT2D eigenvalue weighted by atomic mass is 19.4. The molecule has 2 aromatic carbocycles. The van der Waals surface area contributed by atoms with E-state index < -0.39 is 29.9 Å². The normalized spacial score (nSPS) is 13.7. The summed E-state index contributed by atoms with van der Waals surface area (Å²) in [6.45, 7) is 2.51. The van der Waals surface area contributed by atoms with Crippen molar-refractivity contribution in [3.05, 3.63) is 88.7 Å².